The number of ketones is 1. The summed E-state index contributed by atoms with van der Waals surface area (Å²) in [6.07, 6.45) is 3.48. The number of epoxide rings is 1. The minimum atomic E-state index is -2.40. The van der Waals surface area contributed by atoms with Gasteiger partial charge in [-0.15, -0.1) is 0 Å². The van der Waals surface area contributed by atoms with Crippen molar-refractivity contribution in [2.45, 2.75) is 30.3 Å². The lowest BCUT2D eigenvalue weighted by atomic mass is 9.58. The zero-order chi connectivity index (χ0) is 25.0. The largest absolute Gasteiger partial charge is 0.510 e. The van der Waals surface area contributed by atoms with Gasteiger partial charge in [0, 0.05) is 17.1 Å². The van der Waals surface area contributed by atoms with E-state index < -0.39 is 58.0 Å². The van der Waals surface area contributed by atoms with Crippen LogP contribution in [-0.2, 0) is 20.7 Å². The number of rotatable bonds is 3. The van der Waals surface area contributed by atoms with Crippen LogP contribution in [0.4, 0.5) is 0 Å². The fourth-order valence-electron chi connectivity index (χ4n) is 6.46. The number of nitrogens with two attached hydrogens (primary N) is 1. The Hall–Kier alpha value is -3.67. The van der Waals surface area contributed by atoms with Crippen molar-refractivity contribution in [3.8, 4) is 16.9 Å². The Balaban J connectivity index is 1.56. The number of hydrogen-bond acceptors (Lipinski definition) is 10. The highest BCUT2D eigenvalue weighted by molar-refractivity contribution is 6.14. The summed E-state index contributed by atoms with van der Waals surface area (Å²) in [7, 11) is 3.34. The number of nitrogens with zero attached hydrogens (tertiary/aromatic N) is 2. The first kappa shape index (κ1) is 21.8. The number of phenols is 1. The molecule has 1 aromatic carbocycles. The van der Waals surface area contributed by atoms with Gasteiger partial charge in [0.25, 0.3) is 5.91 Å². The first-order valence-electron chi connectivity index (χ1n) is 11.1. The number of carbonyl (C=O) groups excluding carboxylic acids is 2. The predicted molar refractivity (Wildman–Crippen MR) is 119 cm³/mol. The quantitative estimate of drug-likeness (QED) is 0.393. The molecule has 5 atom stereocenters. The van der Waals surface area contributed by atoms with Gasteiger partial charge < -0.3 is 35.4 Å². The molecule has 35 heavy (non-hydrogen) atoms. The predicted octanol–water partition coefficient (Wildman–Crippen LogP) is 0.776. The first-order chi connectivity index (χ1) is 16.5. The van der Waals surface area contributed by atoms with Gasteiger partial charge in [-0.2, -0.15) is 0 Å². The fraction of sp³-hybridized carbons (Fsp3) is 0.375. The van der Waals surface area contributed by atoms with E-state index in [4.69, 9.17) is 15.0 Å². The monoisotopic (exact) mass is 481 g/mol. The van der Waals surface area contributed by atoms with E-state index in [1.54, 1.807) is 25.1 Å². The Morgan fingerprint density at radius 1 is 1.26 bits per heavy atom. The topological polar surface area (TPSA) is 183 Å². The van der Waals surface area contributed by atoms with E-state index in [9.17, 15) is 30.0 Å². The lowest BCUT2D eigenvalue weighted by Gasteiger charge is -2.46. The molecule has 0 radical (unpaired) electrons. The number of ether oxygens (including phenoxy) is 1. The molecule has 11 nitrogen and oxygen atoms in total. The smallest absolute Gasteiger partial charge is 0.253 e. The summed E-state index contributed by atoms with van der Waals surface area (Å²) in [5.41, 5.74) is 5.06. The number of benzene rings is 1. The average Bonchev–Trinajstić information content (AvgIpc) is 3.12. The van der Waals surface area contributed by atoms with Crippen LogP contribution in [0.15, 0.2) is 46.0 Å². The van der Waals surface area contributed by atoms with E-state index in [2.05, 4.69) is 5.16 Å². The van der Waals surface area contributed by atoms with Crippen LogP contribution in [0.5, 0.6) is 5.75 Å². The van der Waals surface area contributed by atoms with Gasteiger partial charge in [0.05, 0.1) is 17.8 Å². The molecule has 2 fully saturated rings. The molecule has 1 amide bonds. The number of aromatic nitrogens is 1. The van der Waals surface area contributed by atoms with Crippen LogP contribution in [0.2, 0.25) is 0 Å². The summed E-state index contributed by atoms with van der Waals surface area (Å²) in [5.74, 6) is -6.52. The summed E-state index contributed by atoms with van der Waals surface area (Å²) >= 11 is 0. The summed E-state index contributed by atoms with van der Waals surface area (Å²) in [6, 6.07) is 2.26. The zero-order valence-corrected chi connectivity index (χ0v) is 18.8. The number of phenolic OH excluding ortho intramolecular Hbond substituents is 1. The van der Waals surface area contributed by atoms with Gasteiger partial charge in [-0.05, 0) is 50.0 Å². The van der Waals surface area contributed by atoms with Crippen LogP contribution < -0.4 is 5.73 Å². The van der Waals surface area contributed by atoms with Gasteiger partial charge in [0.1, 0.15) is 29.1 Å². The van der Waals surface area contributed by atoms with Crippen molar-refractivity contribution in [3.05, 3.63) is 52.6 Å². The van der Waals surface area contributed by atoms with Crippen LogP contribution in [-0.4, -0.2) is 73.7 Å². The van der Waals surface area contributed by atoms with Gasteiger partial charge >= 0.3 is 0 Å². The zero-order valence-electron chi connectivity index (χ0n) is 18.8. The van der Waals surface area contributed by atoms with E-state index >= 15 is 0 Å². The minimum Gasteiger partial charge on any atom is -0.510 e. The SMILES string of the molecule is CN(C)[C@@H]1C(O)=C(C(N)=O)C2(O)O[C@@]23C(=O)C2=C(O)c4c(O)ccc(-c5cnoc5)c4C[C@H]2C[C@@H]13. The highest BCUT2D eigenvalue weighted by atomic mass is 16.8. The molecule has 1 saturated carbocycles. The van der Waals surface area contributed by atoms with Gasteiger partial charge in [0.2, 0.25) is 11.6 Å². The van der Waals surface area contributed by atoms with Gasteiger partial charge in [-0.25, -0.2) is 0 Å². The average molecular weight is 481 g/mol. The lowest BCUT2D eigenvalue weighted by molar-refractivity contribution is -0.127. The molecular weight excluding hydrogens is 458 g/mol. The molecule has 1 unspecified atom stereocenters. The van der Waals surface area contributed by atoms with Crippen LogP contribution in [0.1, 0.15) is 17.5 Å². The number of aliphatic hydroxyl groups is 3. The van der Waals surface area contributed by atoms with Crippen molar-refractivity contribution in [2.24, 2.45) is 17.6 Å². The van der Waals surface area contributed by atoms with E-state index in [1.807, 2.05) is 0 Å². The second-order valence-electron chi connectivity index (χ2n) is 9.75. The molecule has 11 heteroatoms. The van der Waals surface area contributed by atoms with E-state index in [0.29, 0.717) is 16.7 Å². The molecule has 0 bridgehead atoms. The Morgan fingerprint density at radius 3 is 2.63 bits per heavy atom. The molecule has 4 aliphatic rings. The molecular formula is C24H23N3O8. The summed E-state index contributed by atoms with van der Waals surface area (Å²) in [5, 5.41) is 47.8. The highest BCUT2D eigenvalue weighted by Crippen LogP contribution is 2.67. The van der Waals surface area contributed by atoms with Gasteiger partial charge in [-0.3, -0.25) is 14.5 Å². The highest BCUT2D eigenvalue weighted by Gasteiger charge is 2.85. The van der Waals surface area contributed by atoms with E-state index in [1.165, 1.54) is 18.5 Å². The molecule has 6 rings (SSSR count). The number of aromatic hydroxyl groups is 1. The molecule has 1 spiro atoms. The normalized spacial score (nSPS) is 33.3. The van der Waals surface area contributed by atoms with Crippen LogP contribution >= 0.6 is 0 Å². The molecule has 1 aliphatic heterocycles. The van der Waals surface area contributed by atoms with E-state index in [0.717, 1.165) is 0 Å². The lowest BCUT2D eigenvalue weighted by Crippen LogP contribution is -2.60. The third-order valence-corrected chi connectivity index (χ3v) is 7.86. The van der Waals surface area contributed by atoms with Crippen molar-refractivity contribution in [1.29, 1.82) is 0 Å². The second-order valence-corrected chi connectivity index (χ2v) is 9.75. The van der Waals surface area contributed by atoms with Crippen molar-refractivity contribution in [3.63, 3.8) is 0 Å². The number of carbonyl (C=O) groups is 2. The van der Waals surface area contributed by atoms with Crippen molar-refractivity contribution in [2.75, 3.05) is 14.1 Å². The number of primary amides is 1. The van der Waals surface area contributed by atoms with E-state index in [-0.39, 0.29) is 29.7 Å². The number of likely N-dealkylation sites (N-methyl/N-ethyl adjacent to an activating group) is 1. The maximum atomic E-state index is 14.0. The molecule has 3 aliphatic carbocycles. The maximum Gasteiger partial charge on any atom is 0.253 e. The Labute approximate surface area is 198 Å². The molecule has 182 valence electrons. The third kappa shape index (κ3) is 2.47. The van der Waals surface area contributed by atoms with Gasteiger partial charge in [0.15, 0.2) is 5.60 Å². The number of aliphatic hydroxyl groups excluding tert-OH is 2. The van der Waals surface area contributed by atoms with Crippen LogP contribution in [0.3, 0.4) is 0 Å². The molecule has 6 N–H and O–H groups in total. The minimum absolute atomic E-state index is 0.00478. The first-order valence-corrected chi connectivity index (χ1v) is 11.1. The maximum absolute atomic E-state index is 14.0. The molecule has 2 aromatic rings. The second kappa shape index (κ2) is 6.72. The van der Waals surface area contributed by atoms with Crippen molar-refractivity contribution in [1.82, 2.24) is 10.1 Å². The summed E-state index contributed by atoms with van der Waals surface area (Å²) in [6.45, 7) is 0. The Kier molecular flexibility index (Phi) is 4.19. The van der Waals surface area contributed by atoms with Crippen molar-refractivity contribution < 1.29 is 39.3 Å². The third-order valence-electron chi connectivity index (χ3n) is 7.86. The summed E-state index contributed by atoms with van der Waals surface area (Å²) < 4.78 is 10.6. The number of fused-ring (bicyclic) bond motifs is 2. The van der Waals surface area contributed by atoms with Crippen molar-refractivity contribution >= 4 is 17.4 Å². The van der Waals surface area contributed by atoms with Crippen LogP contribution in [0, 0.1) is 11.8 Å². The van der Waals surface area contributed by atoms with Crippen LogP contribution in [0.25, 0.3) is 16.9 Å². The number of amides is 1. The Bertz CT molecular complexity index is 1380. The van der Waals surface area contributed by atoms with Gasteiger partial charge in [-0.1, -0.05) is 11.2 Å². The number of Topliss-reactive ketones (excluding diaryl/α,β-unsaturated/α-hetero) is 1. The summed E-state index contributed by atoms with van der Waals surface area (Å²) in [4.78, 5) is 27.8. The standard InChI is InChI=1S/C24H23N3O8/c1-27(2)18-13-6-9-5-12-11(10-7-26-34-8-10)3-4-14(28)16(12)19(29)15(9)21(31)23(13)24(33,35-23)17(20(18)30)22(25)32/h3-4,7-9,13,18,28-30,33H,5-6H2,1-2H3,(H2,25,32)/t9-,13-,18-,23-,24?/m0/s1. The fourth-order valence-corrected chi connectivity index (χ4v) is 6.46. The number of hydrogen-bond donors (Lipinski definition) is 5. The molecule has 1 aromatic heterocycles. The Morgan fingerprint density at radius 2 is 2.00 bits per heavy atom. The molecule has 2 heterocycles. The molecule has 1 saturated heterocycles.